The van der Waals surface area contributed by atoms with Gasteiger partial charge in [-0.3, -0.25) is 0 Å². The molecule has 0 bridgehead atoms. The van der Waals surface area contributed by atoms with Crippen molar-refractivity contribution < 1.29 is 54.7 Å². The molecule has 2 heterocycles. The van der Waals surface area contributed by atoms with E-state index < -0.39 is 62.4 Å². The fraction of sp³-hybridized carbons (Fsp3) is 0.647. The van der Waals surface area contributed by atoms with Crippen LogP contribution < -0.4 is 9.47 Å². The molecule has 11 nitrogen and oxygen atoms in total. The second-order valence-electron chi connectivity index (χ2n) is 6.69. The molecule has 0 aromatic heterocycles. The number of rotatable bonds is 7. The Bertz CT molecular complexity index is 671. The normalized spacial score (nSPS) is 38.0. The van der Waals surface area contributed by atoms with Gasteiger partial charge >= 0.3 is 0 Å². The molecule has 3 rings (SSSR count). The van der Waals surface area contributed by atoms with Crippen LogP contribution in [0.5, 0.6) is 11.5 Å². The van der Waals surface area contributed by atoms with E-state index in [1.807, 2.05) is 0 Å². The van der Waals surface area contributed by atoms with Gasteiger partial charge in [0.2, 0.25) is 6.29 Å². The Morgan fingerprint density at radius 1 is 1.00 bits per heavy atom. The standard InChI is InChI=1S/C17H24O11/c18-4-8-1-2-9(26-16-14(22)13(21)11(5-19)27-16)10(3-8)28-17(24)7-25-12(6-20)15(17)23/h1-3,11-16,18-24H,4-7H2/t11-,12-,13-,14-,15?,16-,17?/m1/s1. The summed E-state index contributed by atoms with van der Waals surface area (Å²) in [7, 11) is 0. The van der Waals surface area contributed by atoms with Crippen molar-refractivity contribution in [2.24, 2.45) is 0 Å². The van der Waals surface area contributed by atoms with Gasteiger partial charge in [-0.2, -0.15) is 0 Å². The number of hydrogen-bond acceptors (Lipinski definition) is 11. The molecule has 11 heteroatoms. The highest BCUT2D eigenvalue weighted by atomic mass is 16.7. The fourth-order valence-corrected chi connectivity index (χ4v) is 3.04. The van der Waals surface area contributed by atoms with E-state index in [0.717, 1.165) is 0 Å². The summed E-state index contributed by atoms with van der Waals surface area (Å²) in [5.41, 5.74) is 0.402. The zero-order valence-electron chi connectivity index (χ0n) is 14.8. The number of benzene rings is 1. The summed E-state index contributed by atoms with van der Waals surface area (Å²) in [5, 5.41) is 68.2. The smallest absolute Gasteiger partial charge is 0.260 e. The van der Waals surface area contributed by atoms with Crippen molar-refractivity contribution in [3.05, 3.63) is 23.8 Å². The van der Waals surface area contributed by atoms with E-state index in [9.17, 15) is 25.5 Å². The number of ether oxygens (including phenoxy) is 4. The molecule has 2 fully saturated rings. The first-order chi connectivity index (χ1) is 13.3. The van der Waals surface area contributed by atoms with Crippen LogP contribution in [-0.4, -0.2) is 98.2 Å². The lowest BCUT2D eigenvalue weighted by atomic mass is 10.1. The van der Waals surface area contributed by atoms with Crippen LogP contribution in [0.1, 0.15) is 5.56 Å². The average Bonchev–Trinajstić information content (AvgIpc) is 3.13. The zero-order chi connectivity index (χ0) is 20.5. The van der Waals surface area contributed by atoms with Crippen molar-refractivity contribution in [2.45, 2.75) is 49.2 Å². The summed E-state index contributed by atoms with van der Waals surface area (Å²) >= 11 is 0. The van der Waals surface area contributed by atoms with Gasteiger partial charge in [-0.25, -0.2) is 0 Å². The molecule has 0 saturated carbocycles. The van der Waals surface area contributed by atoms with Crippen molar-refractivity contribution in [1.82, 2.24) is 0 Å². The summed E-state index contributed by atoms with van der Waals surface area (Å²) < 4.78 is 21.4. The maximum absolute atomic E-state index is 10.6. The Morgan fingerprint density at radius 2 is 1.71 bits per heavy atom. The highest BCUT2D eigenvalue weighted by Gasteiger charge is 2.51. The van der Waals surface area contributed by atoms with Crippen LogP contribution in [0, 0.1) is 0 Å². The van der Waals surface area contributed by atoms with E-state index in [-0.39, 0.29) is 18.1 Å². The maximum atomic E-state index is 10.6. The van der Waals surface area contributed by atoms with E-state index >= 15 is 0 Å². The highest BCUT2D eigenvalue weighted by molar-refractivity contribution is 5.43. The van der Waals surface area contributed by atoms with E-state index in [4.69, 9.17) is 29.2 Å². The first kappa shape index (κ1) is 21.2. The zero-order valence-corrected chi connectivity index (χ0v) is 14.8. The van der Waals surface area contributed by atoms with E-state index in [1.54, 1.807) is 0 Å². The van der Waals surface area contributed by atoms with Gasteiger partial charge in [0.05, 0.1) is 19.8 Å². The summed E-state index contributed by atoms with van der Waals surface area (Å²) in [6.07, 6.45) is -7.80. The topological polar surface area (TPSA) is 179 Å². The predicted molar refractivity (Wildman–Crippen MR) is 89.2 cm³/mol. The van der Waals surface area contributed by atoms with Crippen LogP contribution in [0.3, 0.4) is 0 Å². The lowest BCUT2D eigenvalue weighted by Crippen LogP contribution is -2.49. The highest BCUT2D eigenvalue weighted by Crippen LogP contribution is 2.37. The lowest BCUT2D eigenvalue weighted by molar-refractivity contribution is -0.187. The molecule has 2 aliphatic heterocycles. The third-order valence-electron chi connectivity index (χ3n) is 4.72. The number of hydrogen-bond donors (Lipinski definition) is 7. The maximum Gasteiger partial charge on any atom is 0.260 e. The molecule has 0 amide bonds. The first-order valence-corrected chi connectivity index (χ1v) is 8.67. The Balaban J connectivity index is 1.83. The second kappa shape index (κ2) is 8.45. The van der Waals surface area contributed by atoms with Crippen LogP contribution >= 0.6 is 0 Å². The minimum absolute atomic E-state index is 0.0277. The first-order valence-electron chi connectivity index (χ1n) is 8.67. The molecule has 1 aromatic carbocycles. The van der Waals surface area contributed by atoms with E-state index in [2.05, 4.69) is 0 Å². The Labute approximate surface area is 159 Å². The van der Waals surface area contributed by atoms with Crippen LogP contribution in [0.2, 0.25) is 0 Å². The molecule has 0 spiro atoms. The largest absolute Gasteiger partial charge is 0.458 e. The van der Waals surface area contributed by atoms with Gasteiger partial charge in [0.1, 0.15) is 37.1 Å². The molecule has 2 saturated heterocycles. The van der Waals surface area contributed by atoms with Crippen molar-refractivity contribution >= 4 is 0 Å². The SMILES string of the molecule is OCc1ccc(O[C@@H]2O[C@H](CO)[C@@H](O)[C@H]2O)c(OC2(O)CO[C@H](CO)C2O)c1. The average molecular weight is 404 g/mol. The quantitative estimate of drug-likeness (QED) is 0.228. The summed E-state index contributed by atoms with van der Waals surface area (Å²) in [6, 6.07) is 4.21. The van der Waals surface area contributed by atoms with Gasteiger partial charge in [0.15, 0.2) is 11.5 Å². The summed E-state index contributed by atoms with van der Waals surface area (Å²) in [4.78, 5) is 0. The van der Waals surface area contributed by atoms with Crippen molar-refractivity contribution in [3.63, 3.8) is 0 Å². The van der Waals surface area contributed by atoms with Crippen LogP contribution in [-0.2, 0) is 16.1 Å². The Hall–Kier alpha value is -1.54. The third-order valence-corrected chi connectivity index (χ3v) is 4.72. The van der Waals surface area contributed by atoms with Crippen LogP contribution in [0.15, 0.2) is 18.2 Å². The van der Waals surface area contributed by atoms with Gasteiger partial charge < -0.3 is 54.7 Å². The lowest BCUT2D eigenvalue weighted by Gasteiger charge is -2.28. The summed E-state index contributed by atoms with van der Waals surface area (Å²) in [6.45, 7) is -1.84. The van der Waals surface area contributed by atoms with Crippen molar-refractivity contribution in [1.29, 1.82) is 0 Å². The molecular formula is C17H24O11. The molecule has 7 N–H and O–H groups in total. The third kappa shape index (κ3) is 3.94. The number of aliphatic hydroxyl groups excluding tert-OH is 6. The molecule has 1 aromatic rings. The predicted octanol–water partition coefficient (Wildman–Crippen LogP) is -3.18. The molecule has 2 aliphatic rings. The minimum Gasteiger partial charge on any atom is -0.458 e. The summed E-state index contributed by atoms with van der Waals surface area (Å²) in [5.74, 6) is -2.32. The Kier molecular flexibility index (Phi) is 6.39. The van der Waals surface area contributed by atoms with Gasteiger partial charge in [-0.15, -0.1) is 0 Å². The molecular weight excluding hydrogens is 380 g/mol. The van der Waals surface area contributed by atoms with Crippen LogP contribution in [0.4, 0.5) is 0 Å². The fourth-order valence-electron chi connectivity index (χ4n) is 3.04. The van der Waals surface area contributed by atoms with Gasteiger partial charge in [-0.05, 0) is 17.7 Å². The molecule has 0 radical (unpaired) electrons. The van der Waals surface area contributed by atoms with Crippen molar-refractivity contribution in [2.75, 3.05) is 19.8 Å². The molecule has 7 atom stereocenters. The molecule has 28 heavy (non-hydrogen) atoms. The minimum atomic E-state index is -2.19. The van der Waals surface area contributed by atoms with Gasteiger partial charge in [0, 0.05) is 0 Å². The molecule has 0 aliphatic carbocycles. The van der Waals surface area contributed by atoms with E-state index in [0.29, 0.717) is 5.56 Å². The Morgan fingerprint density at radius 3 is 2.29 bits per heavy atom. The van der Waals surface area contributed by atoms with E-state index in [1.165, 1.54) is 18.2 Å². The molecule has 2 unspecified atom stereocenters. The van der Waals surface area contributed by atoms with Crippen LogP contribution in [0.25, 0.3) is 0 Å². The van der Waals surface area contributed by atoms with Crippen molar-refractivity contribution in [3.8, 4) is 11.5 Å². The van der Waals surface area contributed by atoms with Gasteiger partial charge in [-0.1, -0.05) is 6.07 Å². The van der Waals surface area contributed by atoms with Gasteiger partial charge in [0.25, 0.3) is 5.79 Å². The number of aliphatic hydroxyl groups is 7. The monoisotopic (exact) mass is 404 g/mol. The molecule has 158 valence electrons. The second-order valence-corrected chi connectivity index (χ2v) is 6.69.